The quantitative estimate of drug-likeness (QED) is 0.717. The Balaban J connectivity index is 2.06. The minimum atomic E-state index is -0.996. The Hall–Kier alpha value is -1.08. The van der Waals surface area contributed by atoms with Gasteiger partial charge in [0.25, 0.3) is 0 Å². The topological polar surface area (TPSA) is 78.4 Å². The molecule has 1 fully saturated rings. The minimum absolute atomic E-state index is 0.0446. The van der Waals surface area contributed by atoms with E-state index in [4.69, 9.17) is 5.11 Å². The van der Waals surface area contributed by atoms with Crippen LogP contribution < -0.4 is 10.6 Å². The van der Waals surface area contributed by atoms with Crippen LogP contribution in [0.2, 0.25) is 0 Å². The summed E-state index contributed by atoms with van der Waals surface area (Å²) in [6.45, 7) is 1.94. The highest BCUT2D eigenvalue weighted by atomic mass is 79.9. The number of aliphatic carboxylic acids is 1. The summed E-state index contributed by atoms with van der Waals surface area (Å²) in [4.78, 5) is 23.0. The number of amides is 2. The summed E-state index contributed by atoms with van der Waals surface area (Å²) in [6.07, 6.45) is 1.68. The van der Waals surface area contributed by atoms with Gasteiger partial charge in [-0.15, -0.1) is 0 Å². The number of hydrogen-bond acceptors (Lipinski definition) is 2. The third-order valence-electron chi connectivity index (χ3n) is 3.07. The first-order valence-corrected chi connectivity index (χ1v) is 7.73. The Bertz CT molecular complexity index is 536. The van der Waals surface area contributed by atoms with Crippen LogP contribution >= 0.6 is 31.9 Å². The first-order valence-electron chi connectivity index (χ1n) is 6.14. The number of carbonyl (C=O) groups is 2. The van der Waals surface area contributed by atoms with Crippen LogP contribution in [0.4, 0.5) is 10.5 Å². The second kappa shape index (κ2) is 6.13. The van der Waals surface area contributed by atoms with E-state index >= 15 is 0 Å². The van der Waals surface area contributed by atoms with Gasteiger partial charge in [-0.3, -0.25) is 0 Å². The standard InChI is InChI=1S/C13H14Br2N2O3/c1-6-4-8(14)11(9(15)5-6)17-13(20)16-10(12(18)19)7-2-3-7/h4-5,7,10H,2-3H2,1H3,(H,18,19)(H2,16,17,20). The number of aryl methyl sites for hydroxylation is 1. The first kappa shape index (κ1) is 15.3. The lowest BCUT2D eigenvalue weighted by Gasteiger charge is -2.16. The van der Waals surface area contributed by atoms with E-state index in [0.29, 0.717) is 5.69 Å². The van der Waals surface area contributed by atoms with Crippen LogP contribution in [0, 0.1) is 12.8 Å². The molecular formula is C13H14Br2N2O3. The van der Waals surface area contributed by atoms with Crippen LogP contribution in [0.3, 0.4) is 0 Å². The Morgan fingerprint density at radius 3 is 2.30 bits per heavy atom. The molecule has 1 saturated carbocycles. The van der Waals surface area contributed by atoms with Gasteiger partial charge >= 0.3 is 12.0 Å². The summed E-state index contributed by atoms with van der Waals surface area (Å²) < 4.78 is 1.47. The van der Waals surface area contributed by atoms with Crippen molar-refractivity contribution in [3.05, 3.63) is 26.6 Å². The number of halogens is 2. The third kappa shape index (κ3) is 3.73. The monoisotopic (exact) mass is 404 g/mol. The molecule has 0 heterocycles. The number of carboxylic acid groups (broad SMARTS) is 1. The first-order chi connectivity index (χ1) is 9.38. The summed E-state index contributed by atoms with van der Waals surface area (Å²) in [6, 6.07) is 2.40. The zero-order chi connectivity index (χ0) is 14.9. The Labute approximate surface area is 133 Å². The molecule has 20 heavy (non-hydrogen) atoms. The van der Waals surface area contributed by atoms with Crippen LogP contribution in [0.1, 0.15) is 18.4 Å². The molecular weight excluding hydrogens is 392 g/mol. The molecule has 108 valence electrons. The molecule has 3 N–H and O–H groups in total. The van der Waals surface area contributed by atoms with Crippen molar-refractivity contribution < 1.29 is 14.7 Å². The second-order valence-corrected chi connectivity index (χ2v) is 6.56. The molecule has 0 spiro atoms. The average molecular weight is 406 g/mol. The fourth-order valence-electron chi connectivity index (χ4n) is 1.92. The lowest BCUT2D eigenvalue weighted by molar-refractivity contribution is -0.139. The number of rotatable bonds is 4. The molecule has 1 atom stereocenters. The maximum atomic E-state index is 11.9. The molecule has 1 unspecified atom stereocenters. The van der Waals surface area contributed by atoms with Gasteiger partial charge in [0, 0.05) is 8.95 Å². The Morgan fingerprint density at radius 1 is 1.30 bits per heavy atom. The van der Waals surface area contributed by atoms with Crippen LogP contribution in [-0.4, -0.2) is 23.1 Å². The van der Waals surface area contributed by atoms with Gasteiger partial charge in [-0.2, -0.15) is 0 Å². The van der Waals surface area contributed by atoms with E-state index in [1.54, 1.807) is 0 Å². The van der Waals surface area contributed by atoms with Gasteiger partial charge < -0.3 is 15.7 Å². The third-order valence-corrected chi connectivity index (χ3v) is 4.32. The molecule has 5 nitrogen and oxygen atoms in total. The SMILES string of the molecule is Cc1cc(Br)c(NC(=O)NC(C(=O)O)C2CC2)c(Br)c1. The maximum absolute atomic E-state index is 11.9. The number of nitrogens with one attached hydrogen (secondary N) is 2. The molecule has 2 amide bonds. The summed E-state index contributed by atoms with van der Waals surface area (Å²) in [7, 11) is 0. The van der Waals surface area contributed by atoms with E-state index < -0.39 is 18.0 Å². The fourth-order valence-corrected chi connectivity index (χ4v) is 3.53. The predicted molar refractivity (Wildman–Crippen MR) is 82.9 cm³/mol. The van der Waals surface area contributed by atoms with Crippen LogP contribution in [0.25, 0.3) is 0 Å². The predicted octanol–water partition coefficient (Wildman–Crippen LogP) is 3.50. The van der Waals surface area contributed by atoms with Gasteiger partial charge in [0.1, 0.15) is 6.04 Å². The van der Waals surface area contributed by atoms with Crippen molar-refractivity contribution in [2.24, 2.45) is 5.92 Å². The zero-order valence-electron chi connectivity index (χ0n) is 10.7. The van der Waals surface area contributed by atoms with Gasteiger partial charge in [0.2, 0.25) is 0 Å². The van der Waals surface area contributed by atoms with E-state index in [-0.39, 0.29) is 5.92 Å². The molecule has 7 heteroatoms. The lowest BCUT2D eigenvalue weighted by Crippen LogP contribution is -2.44. The Morgan fingerprint density at radius 2 is 1.85 bits per heavy atom. The highest BCUT2D eigenvalue weighted by Gasteiger charge is 2.37. The van der Waals surface area contributed by atoms with Crippen LogP contribution in [-0.2, 0) is 4.79 Å². The summed E-state index contributed by atoms with van der Waals surface area (Å²) in [5.74, 6) is -0.951. The molecule has 1 aliphatic carbocycles. The largest absolute Gasteiger partial charge is 0.480 e. The number of urea groups is 1. The van der Waals surface area contributed by atoms with Crippen molar-refractivity contribution in [2.45, 2.75) is 25.8 Å². The number of carboxylic acids is 1. The number of anilines is 1. The smallest absolute Gasteiger partial charge is 0.326 e. The van der Waals surface area contributed by atoms with Gasteiger partial charge in [-0.25, -0.2) is 9.59 Å². The van der Waals surface area contributed by atoms with Crippen molar-refractivity contribution in [1.82, 2.24) is 5.32 Å². The molecule has 2 rings (SSSR count). The average Bonchev–Trinajstić information content (AvgIpc) is 3.14. The molecule has 1 aromatic rings. The second-order valence-electron chi connectivity index (χ2n) is 4.86. The van der Waals surface area contributed by atoms with Gasteiger partial charge in [-0.1, -0.05) is 0 Å². The van der Waals surface area contributed by atoms with E-state index in [1.165, 1.54) is 0 Å². The molecule has 0 bridgehead atoms. The molecule has 0 radical (unpaired) electrons. The Kier molecular flexibility index (Phi) is 4.70. The summed E-state index contributed by atoms with van der Waals surface area (Å²) in [5, 5.41) is 14.3. The lowest BCUT2D eigenvalue weighted by atomic mass is 10.2. The van der Waals surface area contributed by atoms with Crippen molar-refractivity contribution in [3.63, 3.8) is 0 Å². The van der Waals surface area contributed by atoms with Gasteiger partial charge in [-0.05, 0) is 75.2 Å². The molecule has 0 aromatic heterocycles. The molecule has 1 aromatic carbocycles. The number of benzene rings is 1. The number of carbonyl (C=O) groups excluding carboxylic acids is 1. The van der Waals surface area contributed by atoms with Crippen molar-refractivity contribution >= 4 is 49.5 Å². The minimum Gasteiger partial charge on any atom is -0.480 e. The zero-order valence-corrected chi connectivity index (χ0v) is 13.9. The highest BCUT2D eigenvalue weighted by molar-refractivity contribution is 9.11. The molecule has 0 aliphatic heterocycles. The van der Waals surface area contributed by atoms with Gasteiger partial charge in [0.15, 0.2) is 0 Å². The van der Waals surface area contributed by atoms with Crippen molar-refractivity contribution in [2.75, 3.05) is 5.32 Å². The van der Waals surface area contributed by atoms with Crippen LogP contribution in [0.15, 0.2) is 21.1 Å². The summed E-state index contributed by atoms with van der Waals surface area (Å²) >= 11 is 6.75. The van der Waals surface area contributed by atoms with Crippen LogP contribution in [0.5, 0.6) is 0 Å². The van der Waals surface area contributed by atoms with E-state index in [1.807, 2.05) is 19.1 Å². The van der Waals surface area contributed by atoms with E-state index in [9.17, 15) is 9.59 Å². The van der Waals surface area contributed by atoms with Crippen molar-refractivity contribution in [3.8, 4) is 0 Å². The highest BCUT2D eigenvalue weighted by Crippen LogP contribution is 2.34. The summed E-state index contributed by atoms with van der Waals surface area (Å²) in [5.41, 5.74) is 1.61. The fraction of sp³-hybridized carbons (Fsp3) is 0.385. The van der Waals surface area contributed by atoms with Crippen molar-refractivity contribution in [1.29, 1.82) is 0 Å². The maximum Gasteiger partial charge on any atom is 0.326 e. The molecule has 1 aliphatic rings. The van der Waals surface area contributed by atoms with E-state index in [2.05, 4.69) is 42.5 Å². The van der Waals surface area contributed by atoms with E-state index in [0.717, 1.165) is 27.4 Å². The van der Waals surface area contributed by atoms with Gasteiger partial charge in [0.05, 0.1) is 5.69 Å². The number of hydrogen-bond donors (Lipinski definition) is 3. The molecule has 0 saturated heterocycles. The normalized spacial score (nSPS) is 15.6.